The monoisotopic (exact) mass is 286 g/mol. The van der Waals surface area contributed by atoms with Gasteiger partial charge in [0.2, 0.25) is 0 Å². The second-order valence-electron chi connectivity index (χ2n) is 4.02. The van der Waals surface area contributed by atoms with Gasteiger partial charge in [-0.05, 0) is 25.2 Å². The first-order chi connectivity index (χ1) is 8.26. The highest BCUT2D eigenvalue weighted by molar-refractivity contribution is 7.13. The molecule has 0 N–H and O–H groups in total. The second-order valence-corrected chi connectivity index (χ2v) is 5.08. The van der Waals surface area contributed by atoms with Crippen LogP contribution in [0.25, 0.3) is 10.1 Å². The molecule has 0 atom stereocenters. The predicted octanol–water partition coefficient (Wildman–Crippen LogP) is 2.83. The minimum absolute atomic E-state index is 0. The molecular formula is C13H19ClN2OS. The lowest BCUT2D eigenvalue weighted by atomic mass is 10.3. The Morgan fingerprint density at radius 2 is 1.89 bits per heavy atom. The van der Waals surface area contributed by atoms with Crippen molar-refractivity contribution in [3.05, 3.63) is 34.6 Å². The molecule has 0 aliphatic carbocycles. The van der Waals surface area contributed by atoms with Crippen molar-refractivity contribution in [3.63, 3.8) is 0 Å². The summed E-state index contributed by atoms with van der Waals surface area (Å²) in [7, 11) is 0. The standard InChI is InChI=1S/C13H18N2OS.ClH/c1-3-14(4-2)9-10-15-13(16)11-7-5-6-8-12(11)17-15;/h5-8H,3-4,9-10H2,1-2H3;1H. The largest absolute Gasteiger partial charge is 0.302 e. The first-order valence-corrected chi connectivity index (χ1v) is 6.84. The van der Waals surface area contributed by atoms with Gasteiger partial charge in [0.1, 0.15) is 0 Å². The van der Waals surface area contributed by atoms with Crippen molar-refractivity contribution in [2.45, 2.75) is 20.4 Å². The number of nitrogens with zero attached hydrogens (tertiary/aromatic N) is 2. The Labute approximate surface area is 118 Å². The Balaban J connectivity index is 0.00000162. The maximum atomic E-state index is 12.1. The number of benzene rings is 1. The average Bonchev–Trinajstić information content (AvgIpc) is 2.68. The second kappa shape index (κ2) is 6.92. The number of halogens is 1. The van der Waals surface area contributed by atoms with Crippen molar-refractivity contribution in [3.8, 4) is 0 Å². The third-order valence-corrected chi connectivity index (χ3v) is 4.19. The summed E-state index contributed by atoms with van der Waals surface area (Å²) in [6, 6.07) is 7.82. The zero-order chi connectivity index (χ0) is 12.3. The fourth-order valence-electron chi connectivity index (χ4n) is 1.94. The van der Waals surface area contributed by atoms with Crippen LogP contribution in [-0.4, -0.2) is 28.5 Å². The van der Waals surface area contributed by atoms with Gasteiger partial charge < -0.3 is 4.90 Å². The Morgan fingerprint density at radius 3 is 2.50 bits per heavy atom. The first kappa shape index (κ1) is 15.2. The molecule has 2 aromatic rings. The first-order valence-electron chi connectivity index (χ1n) is 6.07. The fraction of sp³-hybridized carbons (Fsp3) is 0.462. The van der Waals surface area contributed by atoms with E-state index in [1.54, 1.807) is 11.5 Å². The van der Waals surface area contributed by atoms with Gasteiger partial charge in [-0.15, -0.1) is 12.4 Å². The Bertz CT molecular complexity index is 545. The lowest BCUT2D eigenvalue weighted by Gasteiger charge is -2.17. The molecule has 0 bridgehead atoms. The highest BCUT2D eigenvalue weighted by atomic mass is 35.5. The molecule has 0 saturated heterocycles. The predicted molar refractivity (Wildman–Crippen MR) is 81.1 cm³/mol. The highest BCUT2D eigenvalue weighted by Crippen LogP contribution is 2.15. The van der Waals surface area contributed by atoms with E-state index in [-0.39, 0.29) is 18.0 Å². The molecule has 2 rings (SSSR count). The fourth-order valence-corrected chi connectivity index (χ4v) is 2.92. The number of hydrogen-bond donors (Lipinski definition) is 0. The Morgan fingerprint density at radius 1 is 1.22 bits per heavy atom. The van der Waals surface area contributed by atoms with Gasteiger partial charge in [-0.1, -0.05) is 37.5 Å². The van der Waals surface area contributed by atoms with Crippen molar-refractivity contribution >= 4 is 34.0 Å². The SMILES string of the molecule is CCN(CC)CCn1sc2ccccc2c1=O.Cl. The van der Waals surface area contributed by atoms with Crippen LogP contribution >= 0.6 is 23.9 Å². The van der Waals surface area contributed by atoms with Crippen LogP contribution in [0.15, 0.2) is 29.1 Å². The van der Waals surface area contributed by atoms with E-state index in [1.807, 2.05) is 28.2 Å². The molecule has 100 valence electrons. The molecule has 0 unspecified atom stereocenters. The lowest BCUT2D eigenvalue weighted by molar-refractivity contribution is 0.293. The highest BCUT2D eigenvalue weighted by Gasteiger charge is 2.07. The van der Waals surface area contributed by atoms with E-state index in [2.05, 4.69) is 18.7 Å². The van der Waals surface area contributed by atoms with Crippen LogP contribution < -0.4 is 5.56 Å². The van der Waals surface area contributed by atoms with Gasteiger partial charge in [-0.2, -0.15) is 0 Å². The van der Waals surface area contributed by atoms with Crippen molar-refractivity contribution < 1.29 is 0 Å². The van der Waals surface area contributed by atoms with Gasteiger partial charge in [-0.3, -0.25) is 8.75 Å². The van der Waals surface area contributed by atoms with Gasteiger partial charge in [0.25, 0.3) is 5.56 Å². The van der Waals surface area contributed by atoms with E-state index in [0.717, 1.165) is 36.3 Å². The Hall–Kier alpha value is -0.840. The molecule has 0 amide bonds. The van der Waals surface area contributed by atoms with Gasteiger partial charge in [0, 0.05) is 13.1 Å². The molecule has 18 heavy (non-hydrogen) atoms. The van der Waals surface area contributed by atoms with Crippen LogP contribution in [0.4, 0.5) is 0 Å². The van der Waals surface area contributed by atoms with Gasteiger partial charge >= 0.3 is 0 Å². The number of likely N-dealkylation sites (N-methyl/N-ethyl adjacent to an activating group) is 1. The maximum Gasteiger partial charge on any atom is 0.268 e. The summed E-state index contributed by atoms with van der Waals surface area (Å²) in [5, 5.41) is 0.844. The molecular weight excluding hydrogens is 268 g/mol. The van der Waals surface area contributed by atoms with Gasteiger partial charge in [0.15, 0.2) is 0 Å². The molecule has 5 heteroatoms. The third kappa shape index (κ3) is 3.13. The number of aromatic nitrogens is 1. The molecule has 1 aromatic heterocycles. The summed E-state index contributed by atoms with van der Waals surface area (Å²) in [5.74, 6) is 0. The van der Waals surface area contributed by atoms with Crippen molar-refractivity contribution in [2.75, 3.05) is 19.6 Å². The normalized spacial score (nSPS) is 10.8. The summed E-state index contributed by atoms with van der Waals surface area (Å²) in [4.78, 5) is 14.4. The number of rotatable bonds is 5. The minimum atomic E-state index is 0. The van der Waals surface area contributed by atoms with E-state index in [1.165, 1.54) is 0 Å². The van der Waals surface area contributed by atoms with Gasteiger partial charge in [-0.25, -0.2) is 0 Å². The number of fused-ring (bicyclic) bond motifs is 1. The molecule has 0 aliphatic heterocycles. The van der Waals surface area contributed by atoms with Crippen molar-refractivity contribution in [2.24, 2.45) is 0 Å². The van der Waals surface area contributed by atoms with Crippen LogP contribution in [0.2, 0.25) is 0 Å². The molecule has 1 heterocycles. The molecule has 3 nitrogen and oxygen atoms in total. The van der Waals surface area contributed by atoms with Crippen LogP contribution in [0.1, 0.15) is 13.8 Å². The van der Waals surface area contributed by atoms with Crippen LogP contribution in [0.3, 0.4) is 0 Å². The lowest BCUT2D eigenvalue weighted by Crippen LogP contribution is -2.28. The summed E-state index contributed by atoms with van der Waals surface area (Å²) in [5.41, 5.74) is 0.151. The van der Waals surface area contributed by atoms with Crippen molar-refractivity contribution in [1.82, 2.24) is 8.86 Å². The molecule has 0 aliphatic rings. The topological polar surface area (TPSA) is 25.2 Å². The molecule has 0 saturated carbocycles. The van der Waals surface area contributed by atoms with Crippen LogP contribution in [-0.2, 0) is 6.54 Å². The zero-order valence-electron chi connectivity index (χ0n) is 10.8. The van der Waals surface area contributed by atoms with E-state index in [4.69, 9.17) is 0 Å². The van der Waals surface area contributed by atoms with Crippen molar-refractivity contribution in [1.29, 1.82) is 0 Å². The van der Waals surface area contributed by atoms with Crippen LogP contribution in [0, 0.1) is 0 Å². The summed E-state index contributed by atoms with van der Waals surface area (Å²) >= 11 is 1.56. The molecule has 0 spiro atoms. The summed E-state index contributed by atoms with van der Waals surface area (Å²) in [6.07, 6.45) is 0. The minimum Gasteiger partial charge on any atom is -0.302 e. The average molecular weight is 287 g/mol. The maximum absolute atomic E-state index is 12.1. The van der Waals surface area contributed by atoms with Crippen LogP contribution in [0.5, 0.6) is 0 Å². The number of hydrogen-bond acceptors (Lipinski definition) is 3. The smallest absolute Gasteiger partial charge is 0.268 e. The molecule has 0 radical (unpaired) electrons. The van der Waals surface area contributed by atoms with Gasteiger partial charge in [0.05, 0.1) is 10.1 Å². The van der Waals surface area contributed by atoms with E-state index < -0.39 is 0 Å². The zero-order valence-corrected chi connectivity index (χ0v) is 12.4. The molecule has 1 aromatic carbocycles. The third-order valence-electron chi connectivity index (χ3n) is 3.07. The summed E-state index contributed by atoms with van der Waals surface area (Å²) < 4.78 is 2.94. The quantitative estimate of drug-likeness (QED) is 0.844. The summed E-state index contributed by atoms with van der Waals surface area (Å²) in [6.45, 7) is 8.11. The molecule has 0 fully saturated rings. The van der Waals surface area contributed by atoms with E-state index in [0.29, 0.717) is 0 Å². The Kier molecular flexibility index (Phi) is 5.85. The van der Waals surface area contributed by atoms with E-state index in [9.17, 15) is 4.79 Å². The van der Waals surface area contributed by atoms with E-state index >= 15 is 0 Å².